The van der Waals surface area contributed by atoms with E-state index in [4.69, 9.17) is 4.74 Å². The third-order valence-corrected chi connectivity index (χ3v) is 2.84. The highest BCUT2D eigenvalue weighted by Gasteiger charge is 2.19. The Kier molecular flexibility index (Phi) is 3.46. The Labute approximate surface area is 106 Å². The molecule has 4 heteroatoms. The maximum absolute atomic E-state index is 12.5. The normalized spacial score (nSPS) is 10.4. The first-order chi connectivity index (χ1) is 8.67. The van der Waals surface area contributed by atoms with Gasteiger partial charge in [-0.2, -0.15) is 5.10 Å². The second-order valence-electron chi connectivity index (χ2n) is 4.05. The predicted molar refractivity (Wildman–Crippen MR) is 69.0 cm³/mol. The number of hydrogen-bond acceptors (Lipinski definition) is 3. The van der Waals surface area contributed by atoms with Crippen molar-refractivity contribution in [1.29, 1.82) is 0 Å². The summed E-state index contributed by atoms with van der Waals surface area (Å²) >= 11 is 0. The maximum atomic E-state index is 12.5. The number of ether oxygens (including phenoxy) is 1. The minimum atomic E-state index is -0.0441. The number of carbonyl (C=O) groups is 1. The molecule has 0 amide bonds. The van der Waals surface area contributed by atoms with Gasteiger partial charge in [-0.3, -0.25) is 9.48 Å². The van der Waals surface area contributed by atoms with Crippen LogP contribution in [0.1, 0.15) is 28.5 Å². The molecule has 0 bridgehead atoms. The number of rotatable bonds is 4. The molecule has 1 aromatic heterocycles. The van der Waals surface area contributed by atoms with Crippen molar-refractivity contribution in [3.63, 3.8) is 0 Å². The molecule has 0 radical (unpaired) electrons. The third kappa shape index (κ3) is 2.14. The lowest BCUT2D eigenvalue weighted by atomic mass is 10.0. The summed E-state index contributed by atoms with van der Waals surface area (Å²) in [5.74, 6) is 0.547. The largest absolute Gasteiger partial charge is 0.496 e. The number of aryl methyl sites for hydroxylation is 2. The lowest BCUT2D eigenvalue weighted by Crippen LogP contribution is -2.05. The molecule has 0 aliphatic carbocycles. The molecule has 94 valence electrons. The van der Waals surface area contributed by atoms with Gasteiger partial charge < -0.3 is 4.74 Å². The van der Waals surface area contributed by atoms with E-state index in [0.29, 0.717) is 16.9 Å². The van der Waals surface area contributed by atoms with Gasteiger partial charge in [-0.05, 0) is 18.6 Å². The van der Waals surface area contributed by atoms with E-state index in [-0.39, 0.29) is 5.78 Å². The number of aromatic nitrogens is 2. The molecule has 0 fully saturated rings. The van der Waals surface area contributed by atoms with Crippen LogP contribution in [0.5, 0.6) is 5.75 Å². The molecule has 4 nitrogen and oxygen atoms in total. The molecular weight excluding hydrogens is 228 g/mol. The maximum Gasteiger partial charge on any atom is 0.200 e. The van der Waals surface area contributed by atoms with Gasteiger partial charge >= 0.3 is 0 Å². The van der Waals surface area contributed by atoms with E-state index in [1.54, 1.807) is 30.1 Å². The van der Waals surface area contributed by atoms with E-state index in [1.807, 2.05) is 26.1 Å². The zero-order chi connectivity index (χ0) is 13.1. The van der Waals surface area contributed by atoms with Crippen molar-refractivity contribution in [2.45, 2.75) is 13.3 Å². The van der Waals surface area contributed by atoms with Gasteiger partial charge in [-0.15, -0.1) is 0 Å². The third-order valence-electron chi connectivity index (χ3n) is 2.84. The highest BCUT2D eigenvalue weighted by molar-refractivity contribution is 6.11. The van der Waals surface area contributed by atoms with E-state index in [2.05, 4.69) is 5.10 Å². The molecule has 2 aromatic rings. The van der Waals surface area contributed by atoms with Gasteiger partial charge in [0.1, 0.15) is 5.75 Å². The zero-order valence-corrected chi connectivity index (χ0v) is 10.8. The van der Waals surface area contributed by atoms with Gasteiger partial charge in [0, 0.05) is 13.2 Å². The fraction of sp³-hybridized carbons (Fsp3) is 0.286. The molecule has 0 N–H and O–H groups in total. The summed E-state index contributed by atoms with van der Waals surface area (Å²) in [6, 6.07) is 7.24. The van der Waals surface area contributed by atoms with Gasteiger partial charge in [-0.1, -0.05) is 19.1 Å². The van der Waals surface area contributed by atoms with Crippen molar-refractivity contribution in [3.05, 3.63) is 47.3 Å². The minimum absolute atomic E-state index is 0.0441. The molecule has 0 unspecified atom stereocenters. The Morgan fingerprint density at radius 3 is 2.72 bits per heavy atom. The quantitative estimate of drug-likeness (QED) is 0.775. The second kappa shape index (κ2) is 5.04. The predicted octanol–water partition coefficient (Wildman–Crippen LogP) is 2.22. The van der Waals surface area contributed by atoms with Crippen LogP contribution in [0.25, 0.3) is 0 Å². The lowest BCUT2D eigenvalue weighted by Gasteiger charge is -2.06. The second-order valence-corrected chi connectivity index (χ2v) is 4.05. The fourth-order valence-corrected chi connectivity index (χ4v) is 1.96. The molecule has 1 heterocycles. The van der Waals surface area contributed by atoms with Gasteiger partial charge in [0.05, 0.1) is 23.9 Å². The number of carbonyl (C=O) groups excluding carboxylic acids is 1. The molecule has 1 aromatic carbocycles. The van der Waals surface area contributed by atoms with Crippen molar-refractivity contribution >= 4 is 5.78 Å². The van der Waals surface area contributed by atoms with Crippen molar-refractivity contribution in [3.8, 4) is 5.75 Å². The van der Waals surface area contributed by atoms with Crippen molar-refractivity contribution in [1.82, 2.24) is 9.78 Å². The van der Waals surface area contributed by atoms with Crippen LogP contribution < -0.4 is 4.74 Å². The monoisotopic (exact) mass is 244 g/mol. The number of para-hydroxylation sites is 1. The number of ketones is 1. The van der Waals surface area contributed by atoms with Crippen LogP contribution in [0.3, 0.4) is 0 Å². The van der Waals surface area contributed by atoms with Crippen molar-refractivity contribution in [2.24, 2.45) is 7.05 Å². The lowest BCUT2D eigenvalue weighted by molar-refractivity contribution is 0.103. The smallest absolute Gasteiger partial charge is 0.200 e. The number of hydrogen-bond donors (Lipinski definition) is 0. The standard InChI is InChI=1S/C14H16N2O2/c1-4-12-11(9-16(2)15-12)14(17)10-7-5-6-8-13(10)18-3/h5-9H,4H2,1-3H3. The summed E-state index contributed by atoms with van der Waals surface area (Å²) in [4.78, 5) is 12.5. The van der Waals surface area contributed by atoms with Crippen LogP contribution >= 0.6 is 0 Å². The molecule has 2 rings (SSSR count). The van der Waals surface area contributed by atoms with E-state index in [9.17, 15) is 4.79 Å². The Morgan fingerprint density at radius 1 is 1.33 bits per heavy atom. The minimum Gasteiger partial charge on any atom is -0.496 e. The Hall–Kier alpha value is -2.10. The van der Waals surface area contributed by atoms with Crippen LogP contribution in [-0.2, 0) is 13.5 Å². The zero-order valence-electron chi connectivity index (χ0n) is 10.8. The van der Waals surface area contributed by atoms with Crippen LogP contribution in [0.2, 0.25) is 0 Å². The van der Waals surface area contributed by atoms with E-state index < -0.39 is 0 Å². The van der Waals surface area contributed by atoms with Crippen LogP contribution in [-0.4, -0.2) is 22.7 Å². The first kappa shape index (κ1) is 12.4. The number of benzene rings is 1. The van der Waals surface area contributed by atoms with Crippen molar-refractivity contribution in [2.75, 3.05) is 7.11 Å². The van der Waals surface area contributed by atoms with E-state index >= 15 is 0 Å². The van der Waals surface area contributed by atoms with E-state index in [0.717, 1.165) is 12.1 Å². The van der Waals surface area contributed by atoms with Gasteiger partial charge in [0.15, 0.2) is 5.78 Å². The Balaban J connectivity index is 2.47. The molecule has 0 saturated heterocycles. The van der Waals surface area contributed by atoms with Gasteiger partial charge in [0.2, 0.25) is 0 Å². The number of nitrogens with zero attached hydrogens (tertiary/aromatic N) is 2. The van der Waals surface area contributed by atoms with E-state index in [1.165, 1.54) is 0 Å². The van der Waals surface area contributed by atoms with Crippen LogP contribution in [0.4, 0.5) is 0 Å². The van der Waals surface area contributed by atoms with Gasteiger partial charge in [-0.25, -0.2) is 0 Å². The average molecular weight is 244 g/mol. The first-order valence-electron chi connectivity index (χ1n) is 5.87. The SMILES string of the molecule is CCc1nn(C)cc1C(=O)c1ccccc1OC. The average Bonchev–Trinajstić information content (AvgIpc) is 2.79. The molecular formula is C14H16N2O2. The molecule has 0 aliphatic heterocycles. The first-order valence-corrected chi connectivity index (χ1v) is 5.87. The summed E-state index contributed by atoms with van der Waals surface area (Å²) in [6.07, 6.45) is 2.49. The number of methoxy groups -OCH3 is 1. The fourth-order valence-electron chi connectivity index (χ4n) is 1.96. The summed E-state index contributed by atoms with van der Waals surface area (Å²) in [7, 11) is 3.38. The molecule has 0 saturated carbocycles. The van der Waals surface area contributed by atoms with Crippen LogP contribution in [0, 0.1) is 0 Å². The summed E-state index contributed by atoms with van der Waals surface area (Å²) in [5.41, 5.74) is 2.03. The molecule has 0 atom stereocenters. The topological polar surface area (TPSA) is 44.1 Å². The molecule has 0 spiro atoms. The molecule has 18 heavy (non-hydrogen) atoms. The summed E-state index contributed by atoms with van der Waals surface area (Å²) in [5, 5.41) is 4.29. The van der Waals surface area contributed by atoms with Crippen LogP contribution in [0.15, 0.2) is 30.5 Å². The summed E-state index contributed by atoms with van der Waals surface area (Å²) in [6.45, 7) is 1.99. The molecule has 0 aliphatic rings. The summed E-state index contributed by atoms with van der Waals surface area (Å²) < 4.78 is 6.89. The highest BCUT2D eigenvalue weighted by Crippen LogP contribution is 2.22. The Bertz CT molecular complexity index is 573. The van der Waals surface area contributed by atoms with Gasteiger partial charge in [0.25, 0.3) is 0 Å². The Morgan fingerprint density at radius 2 is 2.06 bits per heavy atom. The van der Waals surface area contributed by atoms with Crippen molar-refractivity contribution < 1.29 is 9.53 Å². The highest BCUT2D eigenvalue weighted by atomic mass is 16.5.